The van der Waals surface area contributed by atoms with Crippen LogP contribution in [0, 0.1) is 5.82 Å². The number of rotatable bonds is 1. The van der Waals surface area contributed by atoms with Crippen LogP contribution in [0.4, 0.5) is 4.39 Å². The maximum absolute atomic E-state index is 13.1. The van der Waals surface area contributed by atoms with Crippen LogP contribution in [0.1, 0.15) is 0 Å². The SMILES string of the molecule is O=S(=O)(Cl)c1ccc(Br)c(Cl)c1F. The molecule has 0 atom stereocenters. The van der Waals surface area contributed by atoms with Gasteiger partial charge in [-0.2, -0.15) is 0 Å². The standard InChI is InChI=1S/C6H2BrCl2FO2S/c7-3-1-2-4(13(9,11)12)6(10)5(3)8/h1-2H. The molecule has 1 aromatic rings. The molecule has 7 heteroatoms. The van der Waals surface area contributed by atoms with Crippen LogP contribution >= 0.6 is 38.2 Å². The molecule has 0 radical (unpaired) electrons. The van der Waals surface area contributed by atoms with Crippen LogP contribution < -0.4 is 0 Å². The monoisotopic (exact) mass is 306 g/mol. The van der Waals surface area contributed by atoms with E-state index in [9.17, 15) is 12.8 Å². The van der Waals surface area contributed by atoms with E-state index in [0.717, 1.165) is 6.07 Å². The van der Waals surface area contributed by atoms with Crippen LogP contribution in [0.3, 0.4) is 0 Å². The highest BCUT2D eigenvalue weighted by Gasteiger charge is 2.19. The van der Waals surface area contributed by atoms with Crippen molar-refractivity contribution in [3.05, 3.63) is 27.4 Å². The second-order valence-corrected chi connectivity index (χ2v) is 5.88. The Morgan fingerprint density at radius 2 is 1.92 bits per heavy atom. The van der Waals surface area contributed by atoms with Crippen LogP contribution in [0.25, 0.3) is 0 Å². The van der Waals surface area contributed by atoms with Crippen molar-refractivity contribution in [1.82, 2.24) is 0 Å². The van der Waals surface area contributed by atoms with Gasteiger partial charge >= 0.3 is 0 Å². The molecule has 13 heavy (non-hydrogen) atoms. The summed E-state index contributed by atoms with van der Waals surface area (Å²) in [5, 5.41) is -0.304. The van der Waals surface area contributed by atoms with Gasteiger partial charge in [0.05, 0.1) is 5.02 Å². The van der Waals surface area contributed by atoms with Crippen molar-refractivity contribution in [3.8, 4) is 0 Å². The smallest absolute Gasteiger partial charge is 0.207 e. The molecule has 0 aromatic heterocycles. The molecule has 0 amide bonds. The molecule has 1 aromatic carbocycles. The van der Waals surface area contributed by atoms with Gasteiger partial charge in [-0.1, -0.05) is 11.6 Å². The molecule has 72 valence electrons. The van der Waals surface area contributed by atoms with E-state index < -0.39 is 19.8 Å². The van der Waals surface area contributed by atoms with E-state index in [1.165, 1.54) is 6.07 Å². The van der Waals surface area contributed by atoms with E-state index in [4.69, 9.17) is 22.3 Å². The van der Waals surface area contributed by atoms with Crippen molar-refractivity contribution in [2.24, 2.45) is 0 Å². The van der Waals surface area contributed by atoms with Gasteiger partial charge in [0.15, 0.2) is 5.82 Å². The molecular weight excluding hydrogens is 306 g/mol. The van der Waals surface area contributed by atoms with Gasteiger partial charge in [-0.05, 0) is 28.1 Å². The Bertz CT molecular complexity index is 446. The molecule has 0 saturated heterocycles. The Hall–Kier alpha value is 0.160. The first-order chi connectivity index (χ1) is 5.84. The topological polar surface area (TPSA) is 34.1 Å². The molecule has 2 nitrogen and oxygen atoms in total. The van der Waals surface area contributed by atoms with Gasteiger partial charge in [0.2, 0.25) is 0 Å². The van der Waals surface area contributed by atoms with Crippen LogP contribution in [-0.4, -0.2) is 8.42 Å². The average Bonchev–Trinajstić information content (AvgIpc) is 1.98. The van der Waals surface area contributed by atoms with Gasteiger partial charge in [-0.25, -0.2) is 12.8 Å². The lowest BCUT2D eigenvalue weighted by Crippen LogP contribution is -1.96. The summed E-state index contributed by atoms with van der Waals surface area (Å²) >= 11 is 8.38. The van der Waals surface area contributed by atoms with Gasteiger partial charge in [-0.15, -0.1) is 0 Å². The minimum absolute atomic E-state index is 0.274. The lowest BCUT2D eigenvalue weighted by Gasteiger charge is -2.01. The Kier molecular flexibility index (Phi) is 3.22. The highest BCUT2D eigenvalue weighted by Crippen LogP contribution is 2.30. The van der Waals surface area contributed by atoms with Gasteiger partial charge in [0.25, 0.3) is 9.05 Å². The van der Waals surface area contributed by atoms with E-state index in [2.05, 4.69) is 15.9 Å². The Morgan fingerprint density at radius 1 is 1.38 bits per heavy atom. The van der Waals surface area contributed by atoms with Gasteiger partial charge in [-0.3, -0.25) is 0 Å². The molecular formula is C6H2BrCl2FO2S. The molecule has 0 bridgehead atoms. The lowest BCUT2D eigenvalue weighted by molar-refractivity contribution is 0.575. The van der Waals surface area contributed by atoms with Crippen molar-refractivity contribution < 1.29 is 12.8 Å². The first-order valence-corrected chi connectivity index (χ1v) is 6.40. The summed E-state index contributed by atoms with van der Waals surface area (Å²) in [6.45, 7) is 0. The van der Waals surface area contributed by atoms with Crippen molar-refractivity contribution in [2.75, 3.05) is 0 Å². The quantitative estimate of drug-likeness (QED) is 0.590. The second-order valence-electron chi connectivity index (χ2n) is 2.11. The summed E-state index contributed by atoms with van der Waals surface area (Å²) in [6, 6.07) is 2.34. The summed E-state index contributed by atoms with van der Waals surface area (Å²) in [5.74, 6) is -1.05. The van der Waals surface area contributed by atoms with Gasteiger partial charge in [0, 0.05) is 15.2 Å². The van der Waals surface area contributed by atoms with E-state index in [1.54, 1.807) is 0 Å². The Balaban J connectivity index is 3.53. The third-order valence-corrected chi connectivity index (χ3v) is 3.86. The zero-order chi connectivity index (χ0) is 10.2. The zero-order valence-corrected chi connectivity index (χ0v) is 9.81. The summed E-state index contributed by atoms with van der Waals surface area (Å²) < 4.78 is 34.9. The van der Waals surface area contributed by atoms with Crippen LogP contribution in [-0.2, 0) is 9.05 Å². The highest BCUT2D eigenvalue weighted by molar-refractivity contribution is 9.10. The van der Waals surface area contributed by atoms with E-state index in [-0.39, 0.29) is 9.50 Å². The normalized spacial score (nSPS) is 11.7. The van der Waals surface area contributed by atoms with E-state index in [1.807, 2.05) is 0 Å². The first-order valence-electron chi connectivity index (χ1n) is 2.92. The molecule has 0 heterocycles. The molecule has 0 aliphatic heterocycles. The van der Waals surface area contributed by atoms with Crippen LogP contribution in [0.2, 0.25) is 5.02 Å². The van der Waals surface area contributed by atoms with Crippen molar-refractivity contribution in [3.63, 3.8) is 0 Å². The lowest BCUT2D eigenvalue weighted by atomic mass is 10.3. The van der Waals surface area contributed by atoms with Gasteiger partial charge in [0.1, 0.15) is 4.90 Å². The highest BCUT2D eigenvalue weighted by atomic mass is 79.9. The first kappa shape index (κ1) is 11.2. The fourth-order valence-corrected chi connectivity index (χ4v) is 2.13. The van der Waals surface area contributed by atoms with Gasteiger partial charge < -0.3 is 0 Å². The minimum atomic E-state index is -4.08. The molecule has 1 rings (SSSR count). The Labute approximate surface area is 92.2 Å². The molecule has 0 N–H and O–H groups in total. The molecule has 0 aliphatic rings. The minimum Gasteiger partial charge on any atom is -0.207 e. The molecule has 0 saturated carbocycles. The summed E-state index contributed by atoms with van der Waals surface area (Å²) in [6.07, 6.45) is 0. The van der Waals surface area contributed by atoms with Crippen molar-refractivity contribution in [1.29, 1.82) is 0 Å². The Morgan fingerprint density at radius 3 is 2.38 bits per heavy atom. The predicted octanol–water partition coefficient (Wildman–Crippen LogP) is 3.17. The average molecular weight is 308 g/mol. The summed E-state index contributed by atoms with van der Waals surface area (Å²) in [7, 11) is 0.866. The number of hydrogen-bond donors (Lipinski definition) is 0. The fourth-order valence-electron chi connectivity index (χ4n) is 0.696. The van der Waals surface area contributed by atoms with Crippen molar-refractivity contribution >= 4 is 47.3 Å². The summed E-state index contributed by atoms with van der Waals surface area (Å²) in [4.78, 5) is -0.623. The van der Waals surface area contributed by atoms with Crippen molar-refractivity contribution in [2.45, 2.75) is 4.90 Å². The van der Waals surface area contributed by atoms with E-state index in [0.29, 0.717) is 0 Å². The molecule has 0 fully saturated rings. The second kappa shape index (κ2) is 3.73. The van der Waals surface area contributed by atoms with Crippen LogP contribution in [0.5, 0.6) is 0 Å². The third kappa shape index (κ3) is 2.34. The largest absolute Gasteiger partial charge is 0.264 e. The number of benzene rings is 1. The zero-order valence-electron chi connectivity index (χ0n) is 5.89. The number of halogens is 4. The maximum Gasteiger partial charge on any atom is 0.264 e. The maximum atomic E-state index is 13.1. The molecule has 0 unspecified atom stereocenters. The molecule has 0 spiro atoms. The molecule has 0 aliphatic carbocycles. The predicted molar refractivity (Wildman–Crippen MR) is 52.1 cm³/mol. The fraction of sp³-hybridized carbons (Fsp3) is 0. The van der Waals surface area contributed by atoms with E-state index >= 15 is 0 Å². The summed E-state index contributed by atoms with van der Waals surface area (Å²) in [5.41, 5.74) is 0. The van der Waals surface area contributed by atoms with Crippen LogP contribution in [0.15, 0.2) is 21.5 Å². The number of hydrogen-bond acceptors (Lipinski definition) is 2. The third-order valence-electron chi connectivity index (χ3n) is 1.26.